The quantitative estimate of drug-likeness (QED) is 0.0856. The second kappa shape index (κ2) is 45.8. The van der Waals surface area contributed by atoms with Crippen LogP contribution >= 0.6 is 0 Å². The van der Waals surface area contributed by atoms with E-state index in [4.69, 9.17) is 20.4 Å². The molecule has 4 nitrogen and oxygen atoms in total. The van der Waals surface area contributed by atoms with Crippen LogP contribution in [0.4, 0.5) is 0 Å². The summed E-state index contributed by atoms with van der Waals surface area (Å²) >= 11 is 0. The number of rotatable bonds is 22. The molecule has 0 amide bonds. The van der Waals surface area contributed by atoms with E-state index in [0.717, 1.165) is 25.7 Å². The summed E-state index contributed by atoms with van der Waals surface area (Å²) in [5.74, 6) is 2.65. The average molecular weight is 685 g/mol. The highest BCUT2D eigenvalue weighted by molar-refractivity contribution is 4.99. The van der Waals surface area contributed by atoms with Gasteiger partial charge in [-0.1, -0.05) is 103 Å². The van der Waals surface area contributed by atoms with Crippen LogP contribution in [0, 0.1) is 23.7 Å². The molecule has 0 fully saturated rings. The van der Waals surface area contributed by atoms with E-state index in [9.17, 15) is 0 Å². The molecular weight excluding hydrogens is 592 g/mol. The zero-order chi connectivity index (χ0) is 36.2. The lowest BCUT2D eigenvalue weighted by atomic mass is 9.97. The van der Waals surface area contributed by atoms with Gasteiger partial charge in [0.2, 0.25) is 0 Å². The van der Waals surface area contributed by atoms with E-state index < -0.39 is 0 Å². The third-order valence-electron chi connectivity index (χ3n) is 9.18. The fourth-order valence-electron chi connectivity index (χ4n) is 4.61. The summed E-state index contributed by atoms with van der Waals surface area (Å²) in [6, 6.07) is 0. The summed E-state index contributed by atoms with van der Waals surface area (Å²) in [6.45, 7) is 27.2. The molecule has 0 spiro atoms. The van der Waals surface area contributed by atoms with Crippen LogP contribution in [0.5, 0.6) is 0 Å². The minimum atomic E-state index is 0. The molecule has 0 aromatic carbocycles. The summed E-state index contributed by atoms with van der Waals surface area (Å²) < 4.78 is 0. The van der Waals surface area contributed by atoms with Gasteiger partial charge in [0.15, 0.2) is 0 Å². The van der Waals surface area contributed by atoms with Gasteiger partial charge in [0.05, 0.1) is 0 Å². The molecule has 0 aliphatic rings. The van der Waals surface area contributed by atoms with Crippen molar-refractivity contribution in [2.45, 2.75) is 188 Å². The normalized spacial score (nSPS) is 14.3. The van der Waals surface area contributed by atoms with Gasteiger partial charge in [-0.05, 0) is 155 Å². The van der Waals surface area contributed by atoms with Crippen LogP contribution in [0.25, 0.3) is 0 Å². The molecular formula is C44H92O4. The summed E-state index contributed by atoms with van der Waals surface area (Å²) in [6.07, 6.45) is 24.5. The van der Waals surface area contributed by atoms with Gasteiger partial charge < -0.3 is 20.4 Å². The Kier molecular flexibility index (Phi) is 56.3. The maximum atomic E-state index is 8.70. The van der Waals surface area contributed by atoms with Gasteiger partial charge in [-0.2, -0.15) is 0 Å². The van der Waals surface area contributed by atoms with Crippen LogP contribution < -0.4 is 0 Å². The summed E-state index contributed by atoms with van der Waals surface area (Å²) in [7, 11) is 0. The molecule has 0 aliphatic heterocycles. The lowest BCUT2D eigenvalue weighted by Gasteiger charge is -2.10. The highest BCUT2D eigenvalue weighted by Crippen LogP contribution is 2.18. The molecule has 0 bridgehead atoms. The molecule has 0 radical (unpaired) electrons. The van der Waals surface area contributed by atoms with Gasteiger partial charge in [0, 0.05) is 26.4 Å². The zero-order valence-corrected chi connectivity index (χ0v) is 33.1. The van der Waals surface area contributed by atoms with Gasteiger partial charge in [-0.25, -0.2) is 0 Å². The summed E-state index contributed by atoms with van der Waals surface area (Å²) in [4.78, 5) is 0. The van der Waals surface area contributed by atoms with Crippen molar-refractivity contribution in [1.82, 2.24) is 0 Å². The largest absolute Gasteiger partial charge is 0.396 e. The van der Waals surface area contributed by atoms with Crippen molar-refractivity contribution in [3.8, 4) is 0 Å². The molecule has 4 unspecified atom stereocenters. The maximum Gasteiger partial charge on any atom is 0.0433 e. The predicted molar refractivity (Wildman–Crippen MR) is 221 cm³/mol. The van der Waals surface area contributed by atoms with Crippen LogP contribution in [-0.2, 0) is 0 Å². The third kappa shape index (κ3) is 46.9. The Labute approximate surface area is 304 Å². The Balaban J connectivity index is -0.000000121. The molecule has 48 heavy (non-hydrogen) atoms. The molecule has 0 aromatic rings. The molecule has 4 N–H and O–H groups in total. The average Bonchev–Trinajstić information content (AvgIpc) is 3.05. The number of aliphatic hydroxyl groups excluding tert-OH is 4. The Morgan fingerprint density at radius 3 is 0.812 bits per heavy atom. The van der Waals surface area contributed by atoms with Crippen molar-refractivity contribution in [3.05, 3.63) is 46.6 Å². The molecule has 292 valence electrons. The topological polar surface area (TPSA) is 80.9 Å². The van der Waals surface area contributed by atoms with Crippen molar-refractivity contribution in [1.29, 1.82) is 0 Å². The SMILES string of the molecule is C.C.C/C=C(/C)CCC(C)CCO.C/C=C(/CC)CCC(C)CCO.C/C=C(\C)CCC(C)CCO.C/C=C(\CC)CCC(C)CCO. The smallest absolute Gasteiger partial charge is 0.0433 e. The first-order chi connectivity index (χ1) is 21.9. The van der Waals surface area contributed by atoms with Crippen molar-refractivity contribution < 1.29 is 20.4 Å². The summed E-state index contributed by atoms with van der Waals surface area (Å²) in [5.41, 5.74) is 5.99. The minimum Gasteiger partial charge on any atom is -0.396 e. The van der Waals surface area contributed by atoms with Gasteiger partial charge >= 0.3 is 0 Å². The van der Waals surface area contributed by atoms with Crippen LogP contribution in [0.1, 0.15) is 188 Å². The molecule has 4 heteroatoms. The molecule has 0 saturated carbocycles. The summed E-state index contributed by atoms with van der Waals surface area (Å²) in [5, 5.41) is 34.7. The van der Waals surface area contributed by atoms with E-state index in [1.165, 1.54) is 75.4 Å². The van der Waals surface area contributed by atoms with E-state index in [0.29, 0.717) is 50.1 Å². The maximum absolute atomic E-state index is 8.70. The molecule has 4 atom stereocenters. The Bertz CT molecular complexity index is 672. The van der Waals surface area contributed by atoms with Gasteiger partial charge in [0.25, 0.3) is 0 Å². The monoisotopic (exact) mass is 685 g/mol. The first-order valence-electron chi connectivity index (χ1n) is 18.8. The third-order valence-corrected chi connectivity index (χ3v) is 9.18. The lowest BCUT2D eigenvalue weighted by Crippen LogP contribution is -1.98. The Morgan fingerprint density at radius 1 is 0.417 bits per heavy atom. The molecule has 0 rings (SSSR count). The van der Waals surface area contributed by atoms with Crippen molar-refractivity contribution in [3.63, 3.8) is 0 Å². The van der Waals surface area contributed by atoms with E-state index >= 15 is 0 Å². The van der Waals surface area contributed by atoms with E-state index in [1.54, 1.807) is 11.1 Å². The van der Waals surface area contributed by atoms with E-state index in [-0.39, 0.29) is 14.9 Å². The number of allylic oxidation sites excluding steroid dienone is 8. The van der Waals surface area contributed by atoms with Crippen molar-refractivity contribution >= 4 is 0 Å². The second-order valence-electron chi connectivity index (χ2n) is 13.5. The first-order valence-corrected chi connectivity index (χ1v) is 18.8. The Morgan fingerprint density at radius 2 is 0.646 bits per heavy atom. The van der Waals surface area contributed by atoms with Crippen LogP contribution in [0.15, 0.2) is 46.6 Å². The second-order valence-corrected chi connectivity index (χ2v) is 13.5. The molecule has 0 aromatic heterocycles. The minimum absolute atomic E-state index is 0. The highest BCUT2D eigenvalue weighted by atomic mass is 16.3. The lowest BCUT2D eigenvalue weighted by molar-refractivity contribution is 0.258. The predicted octanol–water partition coefficient (Wildman–Crippen LogP) is 13.1. The fraction of sp³-hybridized carbons (Fsp3) is 0.818. The molecule has 0 aliphatic carbocycles. The van der Waals surface area contributed by atoms with Gasteiger partial charge in [-0.3, -0.25) is 0 Å². The standard InChI is InChI=1S/2C11H22O.2C10H20O.2CH4/c2*1-4-11(5-2)7-6-10(3)8-9-12;2*1-4-9(2)5-6-10(3)7-8-11;;/h2*4,10,12H,5-9H2,1-3H3;2*4,10-11H,5-8H2,1-3H3;2*1H4/b11-4+;11-4-;9-4+;9-4-;;. The zero-order valence-electron chi connectivity index (χ0n) is 33.1. The first kappa shape index (κ1) is 59.0. The van der Waals surface area contributed by atoms with Crippen molar-refractivity contribution in [2.75, 3.05) is 26.4 Å². The van der Waals surface area contributed by atoms with Crippen LogP contribution in [-0.4, -0.2) is 46.9 Å². The van der Waals surface area contributed by atoms with Gasteiger partial charge in [0.1, 0.15) is 0 Å². The fourth-order valence-corrected chi connectivity index (χ4v) is 4.61. The van der Waals surface area contributed by atoms with Crippen molar-refractivity contribution in [2.24, 2.45) is 23.7 Å². The Hall–Kier alpha value is -1.20. The molecule has 0 heterocycles. The van der Waals surface area contributed by atoms with Crippen LogP contribution in [0.2, 0.25) is 0 Å². The van der Waals surface area contributed by atoms with Crippen LogP contribution in [0.3, 0.4) is 0 Å². The van der Waals surface area contributed by atoms with E-state index in [2.05, 4.69) is 107 Å². The molecule has 0 saturated heterocycles. The van der Waals surface area contributed by atoms with Gasteiger partial charge in [-0.15, -0.1) is 0 Å². The number of hydrogen-bond acceptors (Lipinski definition) is 4. The highest BCUT2D eigenvalue weighted by Gasteiger charge is 2.03. The van der Waals surface area contributed by atoms with E-state index in [1.807, 2.05) is 0 Å². The number of hydrogen-bond donors (Lipinski definition) is 4. The number of aliphatic hydroxyl groups is 4.